The van der Waals surface area contributed by atoms with Crippen LogP contribution in [0.1, 0.15) is 17.2 Å². The number of rotatable bonds is 5. The minimum Gasteiger partial charge on any atom is -0.456 e. The Bertz CT molecular complexity index is 1080. The molecule has 1 N–H and O–H groups in total. The van der Waals surface area contributed by atoms with Crippen molar-refractivity contribution < 1.29 is 19.1 Å². The van der Waals surface area contributed by atoms with Gasteiger partial charge in [-0.3, -0.25) is 9.69 Å². The van der Waals surface area contributed by atoms with E-state index in [-0.39, 0.29) is 19.1 Å². The smallest absolute Gasteiger partial charge is 0.338 e. The molecule has 0 aliphatic carbocycles. The molecule has 0 saturated heterocycles. The highest BCUT2D eigenvalue weighted by Gasteiger charge is 2.43. The van der Waals surface area contributed by atoms with Gasteiger partial charge in [-0.2, -0.15) is 0 Å². The molecule has 4 rings (SSSR count). The van der Waals surface area contributed by atoms with Crippen LogP contribution in [0.2, 0.25) is 0 Å². The van der Waals surface area contributed by atoms with Gasteiger partial charge in [0.25, 0.3) is 0 Å². The normalized spacial score (nSPS) is 17.9. The summed E-state index contributed by atoms with van der Waals surface area (Å²) in [6.07, 6.45) is 1.98. The zero-order chi connectivity index (χ0) is 22.1. The molecule has 3 amide bonds. The molecular formula is C23H23N3O4S. The standard InChI is InChI=1S/C23H23N3O4S/c1-14-5-4-6-16(11-14)25(2)19(27)12-26-18-13-30-22(28)20(18)21(24-23(26)29)15-7-9-17(31-3)10-8-15/h4-11,21H,12-13H2,1-3H3,(H,24,29)/t21-/m0/s1. The van der Waals surface area contributed by atoms with Crippen LogP contribution >= 0.6 is 11.8 Å². The van der Waals surface area contributed by atoms with Crippen molar-refractivity contribution >= 4 is 35.4 Å². The van der Waals surface area contributed by atoms with E-state index in [0.717, 1.165) is 21.7 Å². The molecule has 2 aromatic carbocycles. The maximum absolute atomic E-state index is 12.9. The summed E-state index contributed by atoms with van der Waals surface area (Å²) in [5, 5.41) is 2.87. The highest BCUT2D eigenvalue weighted by Crippen LogP contribution is 2.35. The van der Waals surface area contributed by atoms with Gasteiger partial charge in [-0.25, -0.2) is 9.59 Å². The van der Waals surface area contributed by atoms with Crippen LogP contribution < -0.4 is 10.2 Å². The van der Waals surface area contributed by atoms with E-state index >= 15 is 0 Å². The largest absolute Gasteiger partial charge is 0.456 e. The van der Waals surface area contributed by atoms with Gasteiger partial charge >= 0.3 is 12.0 Å². The number of likely N-dealkylation sites (N-methyl/N-ethyl adjacent to an activating group) is 1. The Morgan fingerprint density at radius 2 is 1.97 bits per heavy atom. The number of thioether (sulfide) groups is 1. The van der Waals surface area contributed by atoms with E-state index in [0.29, 0.717) is 11.3 Å². The zero-order valence-electron chi connectivity index (χ0n) is 17.5. The second-order valence-electron chi connectivity index (χ2n) is 7.47. The molecule has 0 saturated carbocycles. The second-order valence-corrected chi connectivity index (χ2v) is 8.35. The van der Waals surface area contributed by atoms with Crippen LogP contribution in [-0.4, -0.2) is 49.3 Å². The number of carbonyl (C=O) groups is 3. The molecule has 0 bridgehead atoms. The molecule has 1 atom stereocenters. The number of hydrogen-bond acceptors (Lipinski definition) is 5. The van der Waals surface area contributed by atoms with Crippen molar-refractivity contribution in [3.05, 3.63) is 70.9 Å². The predicted octanol–water partition coefficient (Wildman–Crippen LogP) is 3.26. The molecule has 7 nitrogen and oxygen atoms in total. The van der Waals surface area contributed by atoms with E-state index in [4.69, 9.17) is 4.74 Å². The zero-order valence-corrected chi connectivity index (χ0v) is 18.4. The number of carbonyl (C=O) groups excluding carboxylic acids is 3. The molecule has 31 heavy (non-hydrogen) atoms. The fourth-order valence-electron chi connectivity index (χ4n) is 3.75. The lowest BCUT2D eigenvalue weighted by atomic mass is 9.96. The summed E-state index contributed by atoms with van der Waals surface area (Å²) in [6.45, 7) is 1.73. The Morgan fingerprint density at radius 3 is 2.65 bits per heavy atom. The van der Waals surface area contributed by atoms with Gasteiger partial charge in [0.15, 0.2) is 0 Å². The van der Waals surface area contributed by atoms with E-state index in [1.165, 1.54) is 9.80 Å². The van der Waals surface area contributed by atoms with E-state index in [2.05, 4.69) is 5.32 Å². The van der Waals surface area contributed by atoms with Crippen LogP contribution in [0, 0.1) is 6.92 Å². The highest BCUT2D eigenvalue weighted by atomic mass is 32.2. The van der Waals surface area contributed by atoms with Gasteiger partial charge < -0.3 is 15.0 Å². The highest BCUT2D eigenvalue weighted by molar-refractivity contribution is 7.98. The van der Waals surface area contributed by atoms with E-state index in [1.54, 1.807) is 18.8 Å². The number of amides is 3. The predicted molar refractivity (Wildman–Crippen MR) is 119 cm³/mol. The molecule has 2 heterocycles. The van der Waals surface area contributed by atoms with Crippen molar-refractivity contribution in [1.82, 2.24) is 10.2 Å². The third kappa shape index (κ3) is 4.03. The minimum absolute atomic E-state index is 0.0254. The first-order valence-electron chi connectivity index (χ1n) is 9.84. The number of ether oxygens (including phenoxy) is 1. The molecule has 2 aliphatic rings. The number of anilines is 1. The summed E-state index contributed by atoms with van der Waals surface area (Å²) in [5.41, 5.74) is 3.38. The molecule has 2 aliphatic heterocycles. The molecular weight excluding hydrogens is 414 g/mol. The number of nitrogens with one attached hydrogen (secondary N) is 1. The first kappa shape index (κ1) is 21.0. The number of hydrogen-bond donors (Lipinski definition) is 1. The Balaban J connectivity index is 1.61. The molecule has 0 unspecified atom stereocenters. The summed E-state index contributed by atoms with van der Waals surface area (Å²) in [7, 11) is 1.67. The van der Waals surface area contributed by atoms with Crippen molar-refractivity contribution in [3.8, 4) is 0 Å². The summed E-state index contributed by atoms with van der Waals surface area (Å²) in [4.78, 5) is 42.2. The monoisotopic (exact) mass is 437 g/mol. The molecule has 0 aromatic heterocycles. The summed E-state index contributed by atoms with van der Waals surface area (Å²) in [5.74, 6) is -0.742. The third-order valence-electron chi connectivity index (χ3n) is 5.50. The summed E-state index contributed by atoms with van der Waals surface area (Å²) in [6, 6.07) is 14.2. The van der Waals surface area contributed by atoms with Crippen molar-refractivity contribution in [1.29, 1.82) is 0 Å². The summed E-state index contributed by atoms with van der Waals surface area (Å²) >= 11 is 1.61. The van der Waals surface area contributed by atoms with Crippen LogP contribution in [0.15, 0.2) is 64.7 Å². The van der Waals surface area contributed by atoms with Crippen molar-refractivity contribution in [3.63, 3.8) is 0 Å². The maximum Gasteiger partial charge on any atom is 0.338 e. The van der Waals surface area contributed by atoms with Gasteiger partial charge in [0.1, 0.15) is 13.2 Å². The number of cyclic esters (lactones) is 1. The first-order valence-corrected chi connectivity index (χ1v) is 11.1. The Kier molecular flexibility index (Phi) is 5.73. The Labute approximate surface area is 185 Å². The van der Waals surface area contributed by atoms with Crippen LogP contribution in [-0.2, 0) is 14.3 Å². The second kappa shape index (κ2) is 8.47. The van der Waals surface area contributed by atoms with Gasteiger partial charge in [0.05, 0.1) is 17.3 Å². The number of nitrogens with zero attached hydrogens (tertiary/aromatic N) is 2. The quantitative estimate of drug-likeness (QED) is 0.574. The van der Waals surface area contributed by atoms with Gasteiger partial charge in [0.2, 0.25) is 5.91 Å². The van der Waals surface area contributed by atoms with Crippen molar-refractivity contribution in [2.45, 2.75) is 17.9 Å². The number of esters is 1. The Morgan fingerprint density at radius 1 is 1.23 bits per heavy atom. The van der Waals surface area contributed by atoms with Crippen LogP contribution in [0.3, 0.4) is 0 Å². The average Bonchev–Trinajstić information content (AvgIpc) is 3.16. The third-order valence-corrected chi connectivity index (χ3v) is 6.25. The fraction of sp³-hybridized carbons (Fsp3) is 0.261. The molecule has 160 valence electrons. The number of benzene rings is 2. The lowest BCUT2D eigenvalue weighted by molar-refractivity contribution is -0.136. The molecule has 8 heteroatoms. The summed E-state index contributed by atoms with van der Waals surface area (Å²) < 4.78 is 5.24. The van der Waals surface area contributed by atoms with Gasteiger partial charge in [-0.15, -0.1) is 11.8 Å². The Hall–Kier alpha value is -3.26. The molecule has 2 aromatic rings. The molecule has 0 radical (unpaired) electrons. The van der Waals surface area contributed by atoms with E-state index in [1.807, 2.05) is 61.7 Å². The van der Waals surface area contributed by atoms with E-state index < -0.39 is 18.0 Å². The lowest BCUT2D eigenvalue weighted by Gasteiger charge is -2.33. The fourth-order valence-corrected chi connectivity index (χ4v) is 4.15. The number of aryl methyl sites for hydroxylation is 1. The lowest BCUT2D eigenvalue weighted by Crippen LogP contribution is -2.50. The van der Waals surface area contributed by atoms with Crippen LogP contribution in [0.4, 0.5) is 10.5 Å². The average molecular weight is 438 g/mol. The van der Waals surface area contributed by atoms with Crippen molar-refractivity contribution in [2.75, 3.05) is 31.4 Å². The van der Waals surface area contributed by atoms with Crippen LogP contribution in [0.25, 0.3) is 0 Å². The van der Waals surface area contributed by atoms with Crippen LogP contribution in [0.5, 0.6) is 0 Å². The van der Waals surface area contributed by atoms with Gasteiger partial charge in [0, 0.05) is 17.6 Å². The maximum atomic E-state index is 12.9. The minimum atomic E-state index is -0.603. The van der Waals surface area contributed by atoms with E-state index in [9.17, 15) is 14.4 Å². The van der Waals surface area contributed by atoms with Gasteiger partial charge in [-0.05, 0) is 48.6 Å². The van der Waals surface area contributed by atoms with Gasteiger partial charge in [-0.1, -0.05) is 24.3 Å². The van der Waals surface area contributed by atoms with Crippen molar-refractivity contribution in [2.24, 2.45) is 0 Å². The molecule has 0 spiro atoms. The molecule has 0 fully saturated rings. The SMILES string of the molecule is CSc1ccc([C@@H]2NC(=O)N(CC(=O)N(C)c3cccc(C)c3)C3=C2C(=O)OC3)cc1. The topological polar surface area (TPSA) is 79.0 Å². The number of urea groups is 1. The first-order chi connectivity index (χ1) is 14.9.